The second-order valence-electron chi connectivity index (χ2n) is 7.90. The van der Waals surface area contributed by atoms with Crippen LogP contribution in [-0.2, 0) is 11.0 Å². The zero-order valence-corrected chi connectivity index (χ0v) is 17.0. The van der Waals surface area contributed by atoms with Crippen LogP contribution in [0.1, 0.15) is 44.1 Å². The monoisotopic (exact) mass is 426 g/mol. The molecule has 1 aliphatic heterocycles. The highest BCUT2D eigenvalue weighted by Crippen LogP contribution is 2.31. The van der Waals surface area contributed by atoms with Crippen LogP contribution in [0.3, 0.4) is 0 Å². The van der Waals surface area contributed by atoms with Crippen molar-refractivity contribution in [2.45, 2.75) is 50.7 Å². The number of hydrogen-bond donors (Lipinski definition) is 2. The van der Waals surface area contributed by atoms with Crippen molar-refractivity contribution < 1.29 is 22.8 Å². The molecule has 1 aromatic rings. The Morgan fingerprint density at radius 1 is 1.03 bits per heavy atom. The zero-order valence-electron chi connectivity index (χ0n) is 17.0. The van der Waals surface area contributed by atoms with Gasteiger partial charge in [0, 0.05) is 50.9 Å². The summed E-state index contributed by atoms with van der Waals surface area (Å²) in [5.41, 5.74) is -0.158. The van der Waals surface area contributed by atoms with Crippen LogP contribution in [0.25, 0.3) is 0 Å². The van der Waals surface area contributed by atoms with E-state index in [2.05, 4.69) is 10.6 Å². The summed E-state index contributed by atoms with van der Waals surface area (Å²) in [5, 5.41) is 5.69. The molecule has 166 valence electrons. The average molecular weight is 426 g/mol. The van der Waals surface area contributed by atoms with Crippen LogP contribution >= 0.6 is 0 Å². The minimum Gasteiger partial charge on any atom is -0.368 e. The third-order valence-electron chi connectivity index (χ3n) is 5.74. The second-order valence-corrected chi connectivity index (χ2v) is 7.90. The highest BCUT2D eigenvalue weighted by atomic mass is 19.4. The normalized spacial score (nSPS) is 18.2. The number of carbonyl (C=O) groups excluding carboxylic acids is 2. The lowest BCUT2D eigenvalue weighted by Gasteiger charge is -2.36. The molecule has 0 bridgehead atoms. The zero-order chi connectivity index (χ0) is 21.6. The van der Waals surface area contributed by atoms with Crippen molar-refractivity contribution in [3.8, 4) is 0 Å². The van der Waals surface area contributed by atoms with Crippen molar-refractivity contribution >= 4 is 17.6 Å². The van der Waals surface area contributed by atoms with Gasteiger partial charge in [0.2, 0.25) is 5.91 Å². The van der Waals surface area contributed by atoms with E-state index in [4.69, 9.17) is 0 Å². The molecule has 2 aliphatic rings. The maximum Gasteiger partial charge on any atom is 0.416 e. The molecule has 0 unspecified atom stereocenters. The van der Waals surface area contributed by atoms with E-state index >= 15 is 0 Å². The third-order valence-corrected chi connectivity index (χ3v) is 5.74. The third kappa shape index (κ3) is 6.27. The first-order valence-electron chi connectivity index (χ1n) is 10.6. The summed E-state index contributed by atoms with van der Waals surface area (Å²) in [6.07, 6.45) is 1.33. The van der Waals surface area contributed by atoms with E-state index in [1.807, 2.05) is 4.90 Å². The number of urea groups is 1. The number of carbonyl (C=O) groups is 2. The highest BCUT2D eigenvalue weighted by molar-refractivity contribution is 5.78. The molecule has 2 fully saturated rings. The Kier molecular flexibility index (Phi) is 7.44. The van der Waals surface area contributed by atoms with Gasteiger partial charge in [0.05, 0.1) is 5.56 Å². The molecule has 3 rings (SSSR count). The molecule has 2 N–H and O–H groups in total. The Bertz CT molecular complexity index is 727. The fourth-order valence-electron chi connectivity index (χ4n) is 4.02. The van der Waals surface area contributed by atoms with Crippen LogP contribution in [0.15, 0.2) is 24.3 Å². The summed E-state index contributed by atoms with van der Waals surface area (Å²) in [5.74, 6) is -0.0586. The Labute approximate surface area is 174 Å². The van der Waals surface area contributed by atoms with Crippen molar-refractivity contribution in [2.24, 2.45) is 0 Å². The van der Waals surface area contributed by atoms with Gasteiger partial charge in [-0.2, -0.15) is 13.2 Å². The summed E-state index contributed by atoms with van der Waals surface area (Å²) >= 11 is 0. The molecule has 1 aliphatic carbocycles. The predicted octanol–water partition coefficient (Wildman–Crippen LogP) is 3.38. The first kappa shape index (κ1) is 22.2. The number of hydrogen-bond acceptors (Lipinski definition) is 3. The molecule has 0 atom stereocenters. The fourth-order valence-corrected chi connectivity index (χ4v) is 4.02. The molecule has 0 aromatic heterocycles. The minimum absolute atomic E-state index is 0.0586. The van der Waals surface area contributed by atoms with E-state index in [0.717, 1.165) is 37.8 Å². The van der Waals surface area contributed by atoms with Crippen molar-refractivity contribution in [1.82, 2.24) is 15.5 Å². The number of benzene rings is 1. The number of amides is 3. The summed E-state index contributed by atoms with van der Waals surface area (Å²) in [6, 6.07) is 5.25. The summed E-state index contributed by atoms with van der Waals surface area (Å²) in [4.78, 5) is 27.9. The molecule has 0 spiro atoms. The van der Waals surface area contributed by atoms with Crippen LogP contribution in [0, 0.1) is 0 Å². The van der Waals surface area contributed by atoms with E-state index in [1.165, 1.54) is 12.5 Å². The van der Waals surface area contributed by atoms with E-state index in [0.29, 0.717) is 31.9 Å². The van der Waals surface area contributed by atoms with E-state index < -0.39 is 11.7 Å². The van der Waals surface area contributed by atoms with Gasteiger partial charge in [0.25, 0.3) is 0 Å². The number of nitrogens with zero attached hydrogens (tertiary/aromatic N) is 2. The summed E-state index contributed by atoms with van der Waals surface area (Å²) < 4.78 is 38.7. The first-order chi connectivity index (χ1) is 14.3. The van der Waals surface area contributed by atoms with Crippen LogP contribution in [0.5, 0.6) is 0 Å². The van der Waals surface area contributed by atoms with Crippen molar-refractivity contribution in [2.75, 3.05) is 37.6 Å². The molecule has 3 amide bonds. The lowest BCUT2D eigenvalue weighted by molar-refractivity contribution is -0.137. The molecule has 1 saturated heterocycles. The van der Waals surface area contributed by atoms with Crippen molar-refractivity contribution in [1.29, 1.82) is 0 Å². The van der Waals surface area contributed by atoms with Gasteiger partial charge in [-0.3, -0.25) is 4.79 Å². The highest BCUT2D eigenvalue weighted by Gasteiger charge is 2.31. The molecular weight excluding hydrogens is 397 g/mol. The van der Waals surface area contributed by atoms with Gasteiger partial charge in [-0.05, 0) is 31.0 Å². The van der Waals surface area contributed by atoms with Gasteiger partial charge in [0.1, 0.15) is 0 Å². The van der Waals surface area contributed by atoms with Gasteiger partial charge in [0.15, 0.2) is 0 Å². The van der Waals surface area contributed by atoms with E-state index in [1.54, 1.807) is 11.0 Å². The Morgan fingerprint density at radius 2 is 1.73 bits per heavy atom. The SMILES string of the molecule is O=C(NCCC(=O)N1CCN(c2cccc(C(F)(F)F)c2)CC1)NC1CCCCC1. The largest absolute Gasteiger partial charge is 0.416 e. The van der Waals surface area contributed by atoms with Gasteiger partial charge in [-0.15, -0.1) is 0 Å². The van der Waals surface area contributed by atoms with Crippen LogP contribution < -0.4 is 15.5 Å². The number of halogens is 3. The molecule has 1 heterocycles. The lowest BCUT2D eigenvalue weighted by Crippen LogP contribution is -2.49. The van der Waals surface area contributed by atoms with Crippen LogP contribution in [0.2, 0.25) is 0 Å². The van der Waals surface area contributed by atoms with Crippen LogP contribution in [-0.4, -0.2) is 55.6 Å². The number of rotatable bonds is 5. The Balaban J connectivity index is 1.38. The minimum atomic E-state index is -4.37. The smallest absolute Gasteiger partial charge is 0.368 e. The Morgan fingerprint density at radius 3 is 2.40 bits per heavy atom. The summed E-state index contributed by atoms with van der Waals surface area (Å²) in [7, 11) is 0. The lowest BCUT2D eigenvalue weighted by atomic mass is 9.96. The van der Waals surface area contributed by atoms with Crippen LogP contribution in [0.4, 0.5) is 23.7 Å². The van der Waals surface area contributed by atoms with E-state index in [-0.39, 0.29) is 30.9 Å². The number of piperazine rings is 1. The van der Waals surface area contributed by atoms with Gasteiger partial charge in [-0.25, -0.2) is 4.79 Å². The molecule has 6 nitrogen and oxygen atoms in total. The van der Waals surface area contributed by atoms with Crippen molar-refractivity contribution in [3.05, 3.63) is 29.8 Å². The van der Waals surface area contributed by atoms with Gasteiger partial charge >= 0.3 is 12.2 Å². The van der Waals surface area contributed by atoms with E-state index in [9.17, 15) is 22.8 Å². The number of alkyl halides is 3. The maximum atomic E-state index is 12.9. The molecule has 1 aromatic carbocycles. The second kappa shape index (κ2) is 10.0. The molecule has 0 radical (unpaired) electrons. The first-order valence-corrected chi connectivity index (χ1v) is 10.6. The predicted molar refractivity (Wildman–Crippen MR) is 108 cm³/mol. The Hall–Kier alpha value is -2.45. The fraction of sp³-hybridized carbons (Fsp3) is 0.619. The number of nitrogens with one attached hydrogen (secondary N) is 2. The van der Waals surface area contributed by atoms with Crippen molar-refractivity contribution in [3.63, 3.8) is 0 Å². The maximum absolute atomic E-state index is 12.9. The van der Waals surface area contributed by atoms with Gasteiger partial charge in [-0.1, -0.05) is 25.3 Å². The molecule has 30 heavy (non-hydrogen) atoms. The molecule has 9 heteroatoms. The average Bonchev–Trinajstić information content (AvgIpc) is 2.74. The topological polar surface area (TPSA) is 64.7 Å². The number of anilines is 1. The molecule has 1 saturated carbocycles. The quantitative estimate of drug-likeness (QED) is 0.759. The van der Waals surface area contributed by atoms with Gasteiger partial charge < -0.3 is 20.4 Å². The summed E-state index contributed by atoms with van der Waals surface area (Å²) in [6.45, 7) is 2.11. The molecular formula is C21H29F3N4O2. The standard InChI is InChI=1S/C21H29F3N4O2/c22-21(23,24)16-5-4-8-18(15-16)27-11-13-28(14-12-27)19(29)9-10-25-20(30)26-17-6-2-1-3-7-17/h4-5,8,15,17H,1-3,6-7,9-14H2,(H2,25,26,30).